The first-order valence-corrected chi connectivity index (χ1v) is 5.90. The normalized spacial score (nSPS) is 12.5. The summed E-state index contributed by atoms with van der Waals surface area (Å²) >= 11 is 0. The fraction of sp³-hybridized carbons (Fsp3) is 0.154. The Bertz CT molecular complexity index is 669. The van der Waals surface area contributed by atoms with Gasteiger partial charge in [0.1, 0.15) is 12.1 Å². The number of hydrogen-bond acceptors (Lipinski definition) is 4. The van der Waals surface area contributed by atoms with Crippen molar-refractivity contribution in [2.75, 3.05) is 0 Å². The third kappa shape index (κ3) is 2.20. The summed E-state index contributed by atoms with van der Waals surface area (Å²) in [7, 11) is 0. The average molecular weight is 256 g/mol. The maximum absolute atomic E-state index is 11.8. The number of aromatic nitrogens is 3. The Balaban J connectivity index is 1.80. The Morgan fingerprint density at radius 3 is 2.95 bits per heavy atom. The van der Waals surface area contributed by atoms with Crippen LogP contribution in [0.25, 0.3) is 11.0 Å². The molecule has 3 rings (SSSR count). The zero-order chi connectivity index (χ0) is 13.2. The van der Waals surface area contributed by atoms with Gasteiger partial charge in [-0.3, -0.25) is 4.79 Å². The van der Waals surface area contributed by atoms with Crippen molar-refractivity contribution in [3.05, 3.63) is 48.1 Å². The summed E-state index contributed by atoms with van der Waals surface area (Å²) in [4.78, 5) is 19.4. The minimum Gasteiger partial charge on any atom is -0.364 e. The Labute approximate surface area is 108 Å². The lowest BCUT2D eigenvalue weighted by Gasteiger charge is -2.09. The number of nitrogens with one attached hydrogen (secondary N) is 2. The molecule has 0 radical (unpaired) electrons. The van der Waals surface area contributed by atoms with Gasteiger partial charge in [0.25, 0.3) is 5.91 Å². The molecule has 0 aliphatic carbocycles. The molecule has 0 saturated carbocycles. The largest absolute Gasteiger partial charge is 0.364 e. The van der Waals surface area contributed by atoms with Crippen molar-refractivity contribution in [1.82, 2.24) is 20.4 Å². The summed E-state index contributed by atoms with van der Waals surface area (Å²) in [5.41, 5.74) is 2.07. The van der Waals surface area contributed by atoms with Crippen molar-refractivity contribution in [1.29, 1.82) is 0 Å². The molecular formula is C13H12N4O2. The number of fused-ring (bicyclic) bond motifs is 1. The third-order valence-electron chi connectivity index (χ3n) is 2.84. The van der Waals surface area contributed by atoms with Crippen LogP contribution in [0.4, 0.5) is 0 Å². The smallest absolute Gasteiger partial charge is 0.274 e. The number of amides is 1. The molecule has 0 saturated heterocycles. The number of benzene rings is 1. The average Bonchev–Trinajstić information content (AvgIpc) is 3.07. The second-order valence-corrected chi connectivity index (χ2v) is 4.22. The number of carbonyl (C=O) groups is 1. The summed E-state index contributed by atoms with van der Waals surface area (Å²) in [5, 5.41) is 6.39. The fourth-order valence-corrected chi connectivity index (χ4v) is 1.85. The van der Waals surface area contributed by atoms with Crippen molar-refractivity contribution >= 4 is 16.9 Å². The monoisotopic (exact) mass is 256 g/mol. The predicted octanol–water partition coefficient (Wildman–Crippen LogP) is 2.04. The number of para-hydroxylation sites is 2. The van der Waals surface area contributed by atoms with Crippen molar-refractivity contribution in [3.63, 3.8) is 0 Å². The minimum absolute atomic E-state index is 0.239. The van der Waals surface area contributed by atoms with Crippen molar-refractivity contribution in [3.8, 4) is 0 Å². The van der Waals surface area contributed by atoms with Crippen LogP contribution in [0.2, 0.25) is 0 Å². The second kappa shape index (κ2) is 4.56. The first kappa shape index (κ1) is 11.5. The molecule has 1 atom stereocenters. The van der Waals surface area contributed by atoms with Gasteiger partial charge in [0, 0.05) is 6.07 Å². The van der Waals surface area contributed by atoms with E-state index in [0.717, 1.165) is 11.0 Å². The number of H-pyrrole nitrogens is 1. The van der Waals surface area contributed by atoms with Crippen LogP contribution in [-0.2, 0) is 0 Å². The van der Waals surface area contributed by atoms with Crippen LogP contribution in [0.3, 0.4) is 0 Å². The van der Waals surface area contributed by atoms with E-state index in [4.69, 9.17) is 0 Å². The van der Waals surface area contributed by atoms with Gasteiger partial charge in [-0.1, -0.05) is 17.3 Å². The number of hydrogen-bond donors (Lipinski definition) is 2. The molecule has 0 aliphatic rings. The first-order chi connectivity index (χ1) is 9.24. The quantitative estimate of drug-likeness (QED) is 0.751. The molecule has 3 aromatic rings. The molecule has 2 N–H and O–H groups in total. The molecule has 0 bridgehead atoms. The Kier molecular flexibility index (Phi) is 2.75. The van der Waals surface area contributed by atoms with Crippen LogP contribution < -0.4 is 5.32 Å². The standard InChI is InChI=1S/C13H12N4O2/c1-8(14-13(18)11-6-7-19-17-11)12-15-9-4-2-3-5-10(9)16-12/h2-8H,1H3,(H,14,18)(H,15,16). The Hall–Kier alpha value is -2.63. The van der Waals surface area contributed by atoms with E-state index in [-0.39, 0.29) is 17.6 Å². The molecule has 6 heteroatoms. The molecule has 2 heterocycles. The Morgan fingerprint density at radius 1 is 1.37 bits per heavy atom. The fourth-order valence-electron chi connectivity index (χ4n) is 1.85. The van der Waals surface area contributed by atoms with Crippen LogP contribution in [-0.4, -0.2) is 21.0 Å². The summed E-state index contributed by atoms with van der Waals surface area (Å²) in [6.45, 7) is 1.86. The van der Waals surface area contributed by atoms with Gasteiger partial charge in [0.05, 0.1) is 17.1 Å². The molecule has 1 aromatic carbocycles. The van der Waals surface area contributed by atoms with Crippen LogP contribution in [0.15, 0.2) is 41.1 Å². The van der Waals surface area contributed by atoms with E-state index in [0.29, 0.717) is 5.82 Å². The van der Waals surface area contributed by atoms with Gasteiger partial charge in [-0.25, -0.2) is 4.98 Å². The number of aromatic amines is 1. The lowest BCUT2D eigenvalue weighted by Crippen LogP contribution is -2.27. The number of nitrogens with zero attached hydrogens (tertiary/aromatic N) is 2. The molecule has 0 aliphatic heterocycles. The van der Waals surface area contributed by atoms with Crippen LogP contribution in [0, 0.1) is 0 Å². The van der Waals surface area contributed by atoms with Gasteiger partial charge in [0.2, 0.25) is 0 Å². The summed E-state index contributed by atoms with van der Waals surface area (Å²) in [5.74, 6) is 0.416. The number of carbonyl (C=O) groups excluding carboxylic acids is 1. The molecule has 0 fully saturated rings. The lowest BCUT2D eigenvalue weighted by molar-refractivity contribution is 0.0929. The zero-order valence-electron chi connectivity index (χ0n) is 10.3. The van der Waals surface area contributed by atoms with Gasteiger partial charge < -0.3 is 14.8 Å². The highest BCUT2D eigenvalue weighted by atomic mass is 16.5. The highest BCUT2D eigenvalue weighted by Crippen LogP contribution is 2.15. The summed E-state index contributed by atoms with van der Waals surface area (Å²) in [6.07, 6.45) is 1.36. The van der Waals surface area contributed by atoms with Crippen LogP contribution in [0.5, 0.6) is 0 Å². The summed E-state index contributed by atoms with van der Waals surface area (Å²) in [6, 6.07) is 8.99. The maximum atomic E-state index is 11.8. The second-order valence-electron chi connectivity index (χ2n) is 4.22. The van der Waals surface area contributed by atoms with Crippen LogP contribution in [0.1, 0.15) is 29.3 Å². The van der Waals surface area contributed by atoms with Gasteiger partial charge in [-0.05, 0) is 19.1 Å². The van der Waals surface area contributed by atoms with E-state index in [1.54, 1.807) is 0 Å². The van der Waals surface area contributed by atoms with Crippen molar-refractivity contribution < 1.29 is 9.32 Å². The molecule has 96 valence electrons. The predicted molar refractivity (Wildman–Crippen MR) is 68.5 cm³/mol. The molecule has 0 spiro atoms. The van der Waals surface area contributed by atoms with E-state index >= 15 is 0 Å². The van der Waals surface area contributed by atoms with Gasteiger partial charge in [0.15, 0.2) is 5.69 Å². The molecular weight excluding hydrogens is 244 g/mol. The molecule has 6 nitrogen and oxygen atoms in total. The third-order valence-corrected chi connectivity index (χ3v) is 2.84. The molecule has 19 heavy (non-hydrogen) atoms. The van der Waals surface area contributed by atoms with Crippen molar-refractivity contribution in [2.45, 2.75) is 13.0 Å². The highest BCUT2D eigenvalue weighted by Gasteiger charge is 2.16. The molecule has 2 aromatic heterocycles. The van der Waals surface area contributed by atoms with Gasteiger partial charge in [-0.15, -0.1) is 0 Å². The van der Waals surface area contributed by atoms with E-state index in [1.807, 2.05) is 31.2 Å². The SMILES string of the molecule is CC(NC(=O)c1ccon1)c1nc2ccccc2[nH]1. The summed E-state index contributed by atoms with van der Waals surface area (Å²) < 4.78 is 4.64. The van der Waals surface area contributed by atoms with E-state index in [9.17, 15) is 4.79 Å². The van der Waals surface area contributed by atoms with Gasteiger partial charge in [-0.2, -0.15) is 0 Å². The molecule has 1 unspecified atom stereocenters. The molecule has 1 amide bonds. The van der Waals surface area contributed by atoms with E-state index in [1.165, 1.54) is 12.3 Å². The van der Waals surface area contributed by atoms with E-state index < -0.39 is 0 Å². The van der Waals surface area contributed by atoms with Crippen molar-refractivity contribution in [2.24, 2.45) is 0 Å². The first-order valence-electron chi connectivity index (χ1n) is 5.90. The highest BCUT2D eigenvalue weighted by molar-refractivity contribution is 5.92. The lowest BCUT2D eigenvalue weighted by atomic mass is 10.3. The van der Waals surface area contributed by atoms with Gasteiger partial charge >= 0.3 is 0 Å². The minimum atomic E-state index is -0.290. The Morgan fingerprint density at radius 2 is 2.21 bits per heavy atom. The van der Waals surface area contributed by atoms with E-state index in [2.05, 4.69) is 25.0 Å². The topological polar surface area (TPSA) is 83.8 Å². The number of imidazole rings is 1. The number of rotatable bonds is 3. The zero-order valence-corrected chi connectivity index (χ0v) is 10.3. The van der Waals surface area contributed by atoms with Crippen LogP contribution >= 0.6 is 0 Å². The maximum Gasteiger partial charge on any atom is 0.274 e.